The highest BCUT2D eigenvalue weighted by Gasteiger charge is 1.99. The highest BCUT2D eigenvalue weighted by Crippen LogP contribution is 2.17. The maximum Gasteiger partial charge on any atom is 0.0454 e. The fourth-order valence-electron chi connectivity index (χ4n) is 0.869. The van der Waals surface area contributed by atoms with Gasteiger partial charge in [0.2, 0.25) is 0 Å². The van der Waals surface area contributed by atoms with Gasteiger partial charge in [0.1, 0.15) is 0 Å². The van der Waals surface area contributed by atoms with Crippen molar-refractivity contribution >= 4 is 31.7 Å². The van der Waals surface area contributed by atoms with Crippen molar-refractivity contribution in [2.24, 2.45) is 0 Å². The van der Waals surface area contributed by atoms with Gasteiger partial charge in [0.25, 0.3) is 0 Å². The lowest BCUT2D eigenvalue weighted by molar-refractivity contribution is 0.682. The molecule has 0 saturated carbocycles. The Morgan fingerprint density at radius 2 is 2.08 bits per heavy atom. The molecular formula is C8H12BrNOS. The van der Waals surface area contributed by atoms with Crippen molar-refractivity contribution in [1.29, 1.82) is 0 Å². The molecule has 0 spiro atoms. The molecule has 0 aromatic heterocycles. The molecule has 68 valence electrons. The highest BCUT2D eigenvalue weighted by atomic mass is 79.9. The minimum absolute atomic E-state index is 0.887. The molecule has 4 heteroatoms. The lowest BCUT2D eigenvalue weighted by Crippen LogP contribution is -2.17. The van der Waals surface area contributed by atoms with E-state index in [9.17, 15) is 4.21 Å². The first-order chi connectivity index (χ1) is 5.47. The largest absolute Gasteiger partial charge is 0.327 e. The second-order valence-electron chi connectivity index (χ2n) is 2.97. The van der Waals surface area contributed by atoms with Gasteiger partial charge in [-0.3, -0.25) is 4.21 Å². The molecule has 0 bridgehead atoms. The van der Waals surface area contributed by atoms with Crippen molar-refractivity contribution in [2.75, 3.05) is 17.2 Å². The van der Waals surface area contributed by atoms with E-state index in [1.807, 2.05) is 24.3 Å². The first-order valence-electron chi connectivity index (χ1n) is 3.56. The van der Waals surface area contributed by atoms with E-state index in [1.54, 1.807) is 12.5 Å². The van der Waals surface area contributed by atoms with Crippen LogP contribution in [0.1, 0.15) is 0 Å². The van der Waals surface area contributed by atoms with Crippen LogP contribution in [-0.4, -0.2) is 16.7 Å². The summed E-state index contributed by atoms with van der Waals surface area (Å²) in [7, 11) is -2.18. The fraction of sp³-hybridized carbons (Fsp3) is 0.250. The van der Waals surface area contributed by atoms with Crippen molar-refractivity contribution in [1.82, 2.24) is 0 Å². The number of thiol groups is 1. The van der Waals surface area contributed by atoms with Gasteiger partial charge < -0.3 is 4.72 Å². The second kappa shape index (κ2) is 3.58. The Morgan fingerprint density at radius 3 is 2.58 bits per heavy atom. The van der Waals surface area contributed by atoms with Gasteiger partial charge in [-0.25, -0.2) is 0 Å². The zero-order valence-electron chi connectivity index (χ0n) is 7.04. The van der Waals surface area contributed by atoms with Gasteiger partial charge in [0.15, 0.2) is 0 Å². The molecule has 0 radical (unpaired) electrons. The molecule has 0 amide bonds. The van der Waals surface area contributed by atoms with Gasteiger partial charge >= 0.3 is 0 Å². The Hall–Kier alpha value is -0.350. The molecule has 2 nitrogen and oxygen atoms in total. The lowest BCUT2D eigenvalue weighted by atomic mass is 10.3. The fourth-order valence-corrected chi connectivity index (χ4v) is 2.03. The average Bonchev–Trinajstić information content (AvgIpc) is 1.82. The molecular weight excluding hydrogens is 238 g/mol. The van der Waals surface area contributed by atoms with E-state index in [2.05, 4.69) is 20.7 Å². The zero-order chi connectivity index (χ0) is 9.19. The Morgan fingerprint density at radius 1 is 1.42 bits per heavy atom. The summed E-state index contributed by atoms with van der Waals surface area (Å²) in [4.78, 5) is 0. The standard InChI is InChI=1S/C8H12BrNOS/c1-12(2,11)10-8-5-3-4-7(9)6-8/h3-6,12H,1-2H3,(H,10,11). The molecule has 0 unspecified atom stereocenters. The van der Waals surface area contributed by atoms with Crippen LogP contribution in [0.3, 0.4) is 0 Å². The summed E-state index contributed by atoms with van der Waals surface area (Å²) in [6.07, 6.45) is 3.40. The van der Waals surface area contributed by atoms with Gasteiger partial charge in [-0.05, 0) is 28.3 Å². The molecule has 0 fully saturated rings. The maximum absolute atomic E-state index is 11.4. The topological polar surface area (TPSA) is 29.1 Å². The number of nitrogens with one attached hydrogen (secondary N) is 1. The lowest BCUT2D eigenvalue weighted by Gasteiger charge is -2.15. The molecule has 1 aromatic carbocycles. The van der Waals surface area contributed by atoms with Gasteiger partial charge in [-0.1, -0.05) is 22.0 Å². The predicted molar refractivity (Wildman–Crippen MR) is 59.2 cm³/mol. The third-order valence-corrected chi connectivity index (χ3v) is 2.51. The number of hydrogen-bond acceptors (Lipinski definition) is 1. The predicted octanol–water partition coefficient (Wildman–Crippen LogP) is 2.05. The minimum Gasteiger partial charge on any atom is -0.327 e. The number of halogens is 1. The number of hydrogen-bond donors (Lipinski definition) is 2. The van der Waals surface area contributed by atoms with E-state index in [0.29, 0.717) is 0 Å². The Labute approximate surface area is 82.1 Å². The van der Waals surface area contributed by atoms with Crippen LogP contribution >= 0.6 is 15.9 Å². The highest BCUT2D eigenvalue weighted by molar-refractivity contribution is 9.10. The molecule has 1 rings (SSSR count). The van der Waals surface area contributed by atoms with E-state index in [4.69, 9.17) is 0 Å². The molecule has 0 aliphatic heterocycles. The smallest absolute Gasteiger partial charge is 0.0454 e. The third-order valence-electron chi connectivity index (χ3n) is 1.22. The summed E-state index contributed by atoms with van der Waals surface area (Å²) in [5.74, 6) is 0. The first-order valence-corrected chi connectivity index (χ1v) is 6.96. The van der Waals surface area contributed by atoms with Crippen molar-refractivity contribution < 1.29 is 4.21 Å². The van der Waals surface area contributed by atoms with Gasteiger partial charge in [-0.15, -0.1) is 0 Å². The maximum atomic E-state index is 11.4. The molecule has 1 aromatic rings. The Kier molecular flexibility index (Phi) is 2.90. The quantitative estimate of drug-likeness (QED) is 0.773. The molecule has 0 atom stereocenters. The van der Waals surface area contributed by atoms with Crippen LogP contribution in [0.2, 0.25) is 0 Å². The van der Waals surface area contributed by atoms with Crippen LogP contribution in [0, 0.1) is 0 Å². The van der Waals surface area contributed by atoms with E-state index < -0.39 is 10.1 Å². The molecule has 0 aliphatic carbocycles. The first kappa shape index (κ1) is 9.74. The normalized spacial score (nSPS) is 12.6. The molecule has 0 heterocycles. The Balaban J connectivity index is 2.84. The van der Waals surface area contributed by atoms with Crippen molar-refractivity contribution in [2.45, 2.75) is 0 Å². The molecule has 0 aliphatic rings. The summed E-state index contributed by atoms with van der Waals surface area (Å²) in [5.41, 5.74) is 0.887. The van der Waals surface area contributed by atoms with Crippen LogP contribution in [0.4, 0.5) is 5.69 Å². The van der Waals surface area contributed by atoms with Crippen LogP contribution < -0.4 is 4.72 Å². The number of benzene rings is 1. The summed E-state index contributed by atoms with van der Waals surface area (Å²) < 4.78 is 15.3. The summed E-state index contributed by atoms with van der Waals surface area (Å²) in [6.45, 7) is 0. The van der Waals surface area contributed by atoms with E-state index in [0.717, 1.165) is 10.2 Å². The van der Waals surface area contributed by atoms with Crippen LogP contribution in [-0.2, 0) is 10.1 Å². The zero-order valence-corrected chi connectivity index (χ0v) is 9.52. The van der Waals surface area contributed by atoms with Crippen molar-refractivity contribution in [3.8, 4) is 0 Å². The van der Waals surface area contributed by atoms with Gasteiger partial charge in [0.05, 0.1) is 0 Å². The SMILES string of the molecule is C[SH](C)(=O)Nc1cccc(Br)c1. The molecule has 0 saturated heterocycles. The number of rotatable bonds is 2. The minimum atomic E-state index is -2.18. The number of anilines is 1. The Bertz CT molecular complexity index is 321. The monoisotopic (exact) mass is 249 g/mol. The summed E-state index contributed by atoms with van der Waals surface area (Å²) in [5, 5.41) is 0. The van der Waals surface area contributed by atoms with Crippen LogP contribution in [0.5, 0.6) is 0 Å². The van der Waals surface area contributed by atoms with E-state index in [1.165, 1.54) is 0 Å². The van der Waals surface area contributed by atoms with Crippen molar-refractivity contribution in [3.05, 3.63) is 28.7 Å². The molecule has 12 heavy (non-hydrogen) atoms. The second-order valence-corrected chi connectivity index (χ2v) is 6.81. The third kappa shape index (κ3) is 3.36. The van der Waals surface area contributed by atoms with E-state index >= 15 is 0 Å². The van der Waals surface area contributed by atoms with Gasteiger partial charge in [-0.2, -0.15) is 0 Å². The van der Waals surface area contributed by atoms with E-state index in [-0.39, 0.29) is 0 Å². The van der Waals surface area contributed by atoms with Crippen molar-refractivity contribution in [3.63, 3.8) is 0 Å². The van der Waals surface area contributed by atoms with Gasteiger partial charge in [0, 0.05) is 22.7 Å². The van der Waals surface area contributed by atoms with Crippen LogP contribution in [0.25, 0.3) is 0 Å². The van der Waals surface area contributed by atoms with Crippen LogP contribution in [0.15, 0.2) is 28.7 Å². The molecule has 1 N–H and O–H groups in total. The summed E-state index contributed by atoms with van der Waals surface area (Å²) >= 11 is 3.34. The summed E-state index contributed by atoms with van der Waals surface area (Å²) in [6, 6.07) is 7.63. The average molecular weight is 250 g/mol.